The number of nitro benzene ring substituents is 1. The fraction of sp³-hybridized carbons (Fsp3) is 0.500. The van der Waals surface area contributed by atoms with Gasteiger partial charge < -0.3 is 5.11 Å². The molecule has 1 fully saturated rings. The van der Waals surface area contributed by atoms with E-state index in [1.54, 1.807) is 23.9 Å². The minimum Gasteiger partial charge on any atom is -0.481 e. The first kappa shape index (κ1) is 15.8. The lowest BCUT2D eigenvalue weighted by atomic mass is 10.0. The predicted molar refractivity (Wildman–Crippen MR) is 81.6 cm³/mol. The summed E-state index contributed by atoms with van der Waals surface area (Å²) in [5, 5.41) is 19.7. The molecule has 114 valence electrons. The Labute approximate surface area is 127 Å². The van der Waals surface area contributed by atoms with Gasteiger partial charge >= 0.3 is 5.97 Å². The van der Waals surface area contributed by atoms with Crippen LogP contribution in [0.25, 0.3) is 0 Å². The number of benzene rings is 1. The highest BCUT2D eigenvalue weighted by molar-refractivity contribution is 7.99. The molecule has 0 aliphatic carbocycles. The zero-order valence-corrected chi connectivity index (χ0v) is 12.6. The Morgan fingerprint density at radius 1 is 1.52 bits per heavy atom. The Kier molecular flexibility index (Phi) is 5.19. The molecule has 0 radical (unpaired) electrons. The number of carboxylic acids is 1. The predicted octanol–water partition coefficient (Wildman–Crippen LogP) is 2.55. The summed E-state index contributed by atoms with van der Waals surface area (Å²) < 4.78 is 0. The van der Waals surface area contributed by atoms with Crippen molar-refractivity contribution in [2.75, 3.05) is 18.1 Å². The Balaban J connectivity index is 2.14. The van der Waals surface area contributed by atoms with E-state index in [1.165, 1.54) is 12.1 Å². The molecule has 21 heavy (non-hydrogen) atoms. The molecule has 1 saturated heterocycles. The second kappa shape index (κ2) is 6.91. The third kappa shape index (κ3) is 3.95. The van der Waals surface area contributed by atoms with E-state index in [9.17, 15) is 14.9 Å². The van der Waals surface area contributed by atoms with Crippen LogP contribution in [0.1, 0.15) is 24.9 Å². The quantitative estimate of drug-likeness (QED) is 0.664. The number of thioether (sulfide) groups is 1. The van der Waals surface area contributed by atoms with Gasteiger partial charge in [0.1, 0.15) is 0 Å². The van der Waals surface area contributed by atoms with Gasteiger partial charge in [0.15, 0.2) is 0 Å². The van der Waals surface area contributed by atoms with Gasteiger partial charge in [-0.3, -0.25) is 19.8 Å². The summed E-state index contributed by atoms with van der Waals surface area (Å²) in [7, 11) is 0. The van der Waals surface area contributed by atoms with Crippen molar-refractivity contribution >= 4 is 23.4 Å². The molecule has 2 rings (SSSR count). The van der Waals surface area contributed by atoms with Crippen LogP contribution >= 0.6 is 11.8 Å². The summed E-state index contributed by atoms with van der Waals surface area (Å²) >= 11 is 1.77. The largest absolute Gasteiger partial charge is 0.481 e. The molecule has 0 spiro atoms. The Morgan fingerprint density at radius 3 is 2.76 bits per heavy atom. The number of carbonyl (C=O) groups is 1. The number of rotatable bonds is 5. The van der Waals surface area contributed by atoms with E-state index in [2.05, 4.69) is 4.90 Å². The van der Waals surface area contributed by atoms with Crippen LogP contribution in [0.4, 0.5) is 5.69 Å². The van der Waals surface area contributed by atoms with Gasteiger partial charge in [-0.2, -0.15) is 11.8 Å². The van der Waals surface area contributed by atoms with E-state index in [1.807, 2.05) is 6.92 Å². The molecular formula is C14H18N2O4S. The van der Waals surface area contributed by atoms with E-state index >= 15 is 0 Å². The molecule has 0 aromatic heterocycles. The van der Waals surface area contributed by atoms with Crippen LogP contribution in [0.15, 0.2) is 24.3 Å². The first-order chi connectivity index (χ1) is 9.99. The van der Waals surface area contributed by atoms with Crippen molar-refractivity contribution in [3.05, 3.63) is 39.9 Å². The van der Waals surface area contributed by atoms with Gasteiger partial charge in [-0.25, -0.2) is 0 Å². The number of hydrogen-bond donors (Lipinski definition) is 1. The van der Waals surface area contributed by atoms with E-state index < -0.39 is 10.9 Å². The first-order valence-corrected chi connectivity index (χ1v) is 7.94. The highest BCUT2D eigenvalue weighted by Gasteiger charge is 2.29. The molecule has 2 unspecified atom stereocenters. The summed E-state index contributed by atoms with van der Waals surface area (Å²) in [6, 6.07) is 6.56. The van der Waals surface area contributed by atoms with Crippen LogP contribution in [-0.4, -0.2) is 45.0 Å². The van der Waals surface area contributed by atoms with Gasteiger partial charge in [0, 0.05) is 42.3 Å². The zero-order chi connectivity index (χ0) is 15.4. The van der Waals surface area contributed by atoms with Crippen LogP contribution in [0.2, 0.25) is 0 Å². The van der Waals surface area contributed by atoms with Gasteiger partial charge in [-0.05, 0) is 12.5 Å². The highest BCUT2D eigenvalue weighted by Crippen LogP contribution is 2.29. The molecule has 1 aliphatic heterocycles. The van der Waals surface area contributed by atoms with Crippen molar-refractivity contribution in [2.45, 2.75) is 25.4 Å². The molecule has 1 aromatic rings. The van der Waals surface area contributed by atoms with E-state index in [4.69, 9.17) is 5.11 Å². The summed E-state index contributed by atoms with van der Waals surface area (Å²) in [6.45, 7) is 2.85. The molecule has 1 heterocycles. The molecule has 1 aliphatic rings. The SMILES string of the molecule is CC(c1ccc([N+](=O)[O-])cc1)N1CCSCC1CC(=O)O. The number of hydrogen-bond acceptors (Lipinski definition) is 5. The maximum absolute atomic E-state index is 11.0. The summed E-state index contributed by atoms with van der Waals surface area (Å²) in [6.07, 6.45) is 0.129. The minimum absolute atomic E-state index is 0.00596. The summed E-state index contributed by atoms with van der Waals surface area (Å²) in [5.41, 5.74) is 1.05. The average molecular weight is 310 g/mol. The Bertz CT molecular complexity index is 520. The minimum atomic E-state index is -0.789. The first-order valence-electron chi connectivity index (χ1n) is 6.78. The molecule has 6 nitrogen and oxygen atoms in total. The highest BCUT2D eigenvalue weighted by atomic mass is 32.2. The van der Waals surface area contributed by atoms with Crippen molar-refractivity contribution in [3.8, 4) is 0 Å². The Morgan fingerprint density at radius 2 is 2.19 bits per heavy atom. The van der Waals surface area contributed by atoms with Crippen LogP contribution in [0, 0.1) is 10.1 Å². The molecule has 0 saturated carbocycles. The lowest BCUT2D eigenvalue weighted by molar-refractivity contribution is -0.384. The van der Waals surface area contributed by atoms with Crippen molar-refractivity contribution in [1.82, 2.24) is 4.90 Å². The molecule has 0 bridgehead atoms. The third-order valence-electron chi connectivity index (χ3n) is 3.77. The summed E-state index contributed by atoms with van der Waals surface area (Å²) in [4.78, 5) is 23.4. The second-order valence-electron chi connectivity index (χ2n) is 5.09. The molecule has 1 N–H and O–H groups in total. The fourth-order valence-electron chi connectivity index (χ4n) is 2.62. The van der Waals surface area contributed by atoms with Crippen molar-refractivity contribution < 1.29 is 14.8 Å². The normalized spacial score (nSPS) is 20.9. The molecule has 2 atom stereocenters. The van der Waals surface area contributed by atoms with Gasteiger partial charge in [-0.1, -0.05) is 12.1 Å². The number of non-ortho nitro benzene ring substituents is 1. The number of carboxylic acid groups (broad SMARTS) is 1. The molecular weight excluding hydrogens is 292 g/mol. The van der Waals surface area contributed by atoms with Crippen LogP contribution < -0.4 is 0 Å². The lowest BCUT2D eigenvalue weighted by Gasteiger charge is -2.39. The zero-order valence-electron chi connectivity index (χ0n) is 11.8. The molecule has 0 amide bonds. The van der Waals surface area contributed by atoms with Crippen molar-refractivity contribution in [1.29, 1.82) is 0 Å². The topological polar surface area (TPSA) is 83.7 Å². The monoisotopic (exact) mass is 310 g/mol. The molecule has 7 heteroatoms. The van der Waals surface area contributed by atoms with Crippen LogP contribution in [-0.2, 0) is 4.79 Å². The smallest absolute Gasteiger partial charge is 0.304 e. The Hall–Kier alpha value is -1.60. The second-order valence-corrected chi connectivity index (χ2v) is 6.24. The standard InChI is InChI=1S/C14H18N2O4S/c1-10(11-2-4-12(5-3-11)16(19)20)15-6-7-21-9-13(15)8-14(17)18/h2-5,10,13H,6-9H2,1H3,(H,17,18). The van der Waals surface area contributed by atoms with E-state index in [0.29, 0.717) is 0 Å². The van der Waals surface area contributed by atoms with Gasteiger partial charge in [-0.15, -0.1) is 0 Å². The van der Waals surface area contributed by atoms with E-state index in [-0.39, 0.29) is 24.2 Å². The third-order valence-corrected chi connectivity index (χ3v) is 4.86. The van der Waals surface area contributed by atoms with Crippen molar-refractivity contribution in [3.63, 3.8) is 0 Å². The van der Waals surface area contributed by atoms with Crippen LogP contribution in [0.5, 0.6) is 0 Å². The van der Waals surface area contributed by atoms with Crippen molar-refractivity contribution in [2.24, 2.45) is 0 Å². The van der Waals surface area contributed by atoms with Crippen LogP contribution in [0.3, 0.4) is 0 Å². The van der Waals surface area contributed by atoms with Gasteiger partial charge in [0.2, 0.25) is 0 Å². The van der Waals surface area contributed by atoms with Gasteiger partial charge in [0.05, 0.1) is 11.3 Å². The lowest BCUT2D eigenvalue weighted by Crippen LogP contribution is -2.44. The number of aliphatic carboxylic acids is 1. The fourth-order valence-corrected chi connectivity index (χ4v) is 3.71. The maximum atomic E-state index is 11.0. The summed E-state index contributed by atoms with van der Waals surface area (Å²) in [5.74, 6) is 1.00. The molecule has 1 aromatic carbocycles. The maximum Gasteiger partial charge on any atom is 0.304 e. The average Bonchev–Trinajstić information content (AvgIpc) is 2.46. The number of nitrogens with zero attached hydrogens (tertiary/aromatic N) is 2. The number of nitro groups is 1. The van der Waals surface area contributed by atoms with E-state index in [0.717, 1.165) is 23.6 Å². The van der Waals surface area contributed by atoms with Gasteiger partial charge in [0.25, 0.3) is 5.69 Å².